The van der Waals surface area contributed by atoms with Crippen LogP contribution in [0.4, 0.5) is 5.69 Å². The SMILES string of the molecule is C[C@H](OC(=O)Cc1csc(-c2cccnc2)n1)C(=O)Nc1cccc(Cl)c1. The quantitative estimate of drug-likeness (QED) is 0.632. The number of hydrogen-bond acceptors (Lipinski definition) is 6. The number of thiazole rings is 1. The number of nitrogens with one attached hydrogen (secondary N) is 1. The molecule has 0 unspecified atom stereocenters. The average Bonchev–Trinajstić information content (AvgIpc) is 3.10. The number of aromatic nitrogens is 2. The normalized spacial score (nSPS) is 11.6. The fourth-order valence-corrected chi connectivity index (χ4v) is 3.26. The lowest BCUT2D eigenvalue weighted by atomic mass is 10.3. The lowest BCUT2D eigenvalue weighted by Crippen LogP contribution is -2.30. The van der Waals surface area contributed by atoms with Crippen LogP contribution >= 0.6 is 22.9 Å². The van der Waals surface area contributed by atoms with E-state index in [1.54, 1.807) is 42.0 Å². The van der Waals surface area contributed by atoms with Crippen molar-refractivity contribution >= 4 is 40.5 Å². The van der Waals surface area contributed by atoms with Gasteiger partial charge in [-0.15, -0.1) is 11.3 Å². The lowest BCUT2D eigenvalue weighted by Gasteiger charge is -2.13. The molecule has 1 amide bonds. The first-order valence-electron chi connectivity index (χ1n) is 8.12. The van der Waals surface area contributed by atoms with Gasteiger partial charge in [-0.3, -0.25) is 14.6 Å². The molecular weight excluding hydrogens is 386 g/mol. The van der Waals surface area contributed by atoms with Gasteiger partial charge in [0.15, 0.2) is 6.10 Å². The van der Waals surface area contributed by atoms with Gasteiger partial charge in [0.25, 0.3) is 5.91 Å². The zero-order chi connectivity index (χ0) is 19.2. The van der Waals surface area contributed by atoms with Gasteiger partial charge in [0.05, 0.1) is 12.1 Å². The van der Waals surface area contributed by atoms with Crippen LogP contribution in [0.5, 0.6) is 0 Å². The molecule has 138 valence electrons. The van der Waals surface area contributed by atoms with Crippen LogP contribution in [0.3, 0.4) is 0 Å². The first-order valence-corrected chi connectivity index (χ1v) is 9.38. The van der Waals surface area contributed by atoms with Crippen molar-refractivity contribution in [3.8, 4) is 10.6 Å². The standard InChI is InChI=1S/C19H16ClN3O3S/c1-12(18(25)22-15-6-2-5-14(20)8-15)26-17(24)9-16-11-27-19(23-16)13-4-3-7-21-10-13/h2-8,10-12H,9H2,1H3,(H,22,25)/t12-/m0/s1. The van der Waals surface area contributed by atoms with E-state index in [0.717, 1.165) is 10.6 Å². The number of benzene rings is 1. The molecule has 6 nitrogen and oxygen atoms in total. The number of nitrogens with zero attached hydrogens (tertiary/aromatic N) is 2. The third-order valence-electron chi connectivity index (χ3n) is 3.56. The van der Waals surface area contributed by atoms with E-state index in [9.17, 15) is 9.59 Å². The third-order valence-corrected chi connectivity index (χ3v) is 4.73. The maximum atomic E-state index is 12.1. The summed E-state index contributed by atoms with van der Waals surface area (Å²) >= 11 is 7.30. The molecule has 0 aliphatic carbocycles. The predicted molar refractivity (Wildman–Crippen MR) is 105 cm³/mol. The minimum atomic E-state index is -0.937. The molecule has 0 radical (unpaired) electrons. The van der Waals surface area contributed by atoms with Crippen LogP contribution in [-0.2, 0) is 20.7 Å². The van der Waals surface area contributed by atoms with Crippen molar-refractivity contribution in [1.29, 1.82) is 0 Å². The molecule has 0 spiro atoms. The topological polar surface area (TPSA) is 81.2 Å². The summed E-state index contributed by atoms with van der Waals surface area (Å²) in [6.45, 7) is 1.51. The summed E-state index contributed by atoms with van der Waals surface area (Å²) in [4.78, 5) is 32.7. The molecule has 3 aromatic rings. The molecule has 8 heteroatoms. The number of amides is 1. The molecule has 3 rings (SSSR count). The van der Waals surface area contributed by atoms with Crippen molar-refractivity contribution in [1.82, 2.24) is 9.97 Å². The van der Waals surface area contributed by atoms with Gasteiger partial charge in [-0.2, -0.15) is 0 Å². The van der Waals surface area contributed by atoms with Gasteiger partial charge in [0.2, 0.25) is 0 Å². The van der Waals surface area contributed by atoms with E-state index in [4.69, 9.17) is 16.3 Å². The Morgan fingerprint density at radius 3 is 2.89 bits per heavy atom. The number of pyridine rings is 1. The highest BCUT2D eigenvalue weighted by Gasteiger charge is 2.19. The highest BCUT2D eigenvalue weighted by atomic mass is 35.5. The first kappa shape index (κ1) is 19.0. The van der Waals surface area contributed by atoms with Crippen LogP contribution in [0.15, 0.2) is 54.2 Å². The van der Waals surface area contributed by atoms with Crippen LogP contribution in [0.1, 0.15) is 12.6 Å². The van der Waals surface area contributed by atoms with Crippen LogP contribution in [0.25, 0.3) is 10.6 Å². The van der Waals surface area contributed by atoms with Gasteiger partial charge < -0.3 is 10.1 Å². The molecule has 0 aliphatic rings. The van der Waals surface area contributed by atoms with E-state index < -0.39 is 18.0 Å². The highest BCUT2D eigenvalue weighted by molar-refractivity contribution is 7.13. The van der Waals surface area contributed by atoms with Gasteiger partial charge >= 0.3 is 5.97 Å². The van der Waals surface area contributed by atoms with Gasteiger partial charge in [0, 0.05) is 34.0 Å². The number of carbonyl (C=O) groups is 2. The third kappa shape index (κ3) is 5.35. The van der Waals surface area contributed by atoms with E-state index >= 15 is 0 Å². The number of hydrogen-bond donors (Lipinski definition) is 1. The molecule has 2 heterocycles. The van der Waals surface area contributed by atoms with Crippen LogP contribution in [0, 0.1) is 0 Å². The Labute approximate surface area is 165 Å². The zero-order valence-electron chi connectivity index (χ0n) is 14.4. The summed E-state index contributed by atoms with van der Waals surface area (Å²) in [6.07, 6.45) is 2.45. The Bertz CT molecular complexity index is 946. The highest BCUT2D eigenvalue weighted by Crippen LogP contribution is 2.23. The Kier molecular flexibility index (Phi) is 6.16. The Morgan fingerprint density at radius 1 is 1.30 bits per heavy atom. The summed E-state index contributed by atoms with van der Waals surface area (Å²) in [5.41, 5.74) is 2.01. The van der Waals surface area contributed by atoms with E-state index in [1.807, 2.05) is 12.1 Å². The number of rotatable bonds is 6. The number of halogens is 1. The van der Waals surface area contributed by atoms with Crippen molar-refractivity contribution < 1.29 is 14.3 Å². The van der Waals surface area contributed by atoms with Gasteiger partial charge in [-0.25, -0.2) is 4.98 Å². The lowest BCUT2D eigenvalue weighted by molar-refractivity contribution is -0.152. The summed E-state index contributed by atoms with van der Waals surface area (Å²) in [5, 5.41) is 5.73. The molecule has 2 aromatic heterocycles. The summed E-state index contributed by atoms with van der Waals surface area (Å²) in [6, 6.07) is 10.5. The summed E-state index contributed by atoms with van der Waals surface area (Å²) < 4.78 is 5.20. The Hall–Kier alpha value is -2.77. The molecule has 1 aromatic carbocycles. The summed E-state index contributed by atoms with van der Waals surface area (Å²) in [5.74, 6) is -0.952. The molecule has 0 fully saturated rings. The second-order valence-corrected chi connectivity index (χ2v) is 6.99. The van der Waals surface area contributed by atoms with Gasteiger partial charge in [-0.05, 0) is 37.3 Å². The molecule has 0 bridgehead atoms. The van der Waals surface area contributed by atoms with Gasteiger partial charge in [-0.1, -0.05) is 17.7 Å². The van der Waals surface area contributed by atoms with Crippen LogP contribution < -0.4 is 5.32 Å². The van der Waals surface area contributed by atoms with E-state index in [0.29, 0.717) is 16.4 Å². The van der Waals surface area contributed by atoms with E-state index in [2.05, 4.69) is 15.3 Å². The fourth-order valence-electron chi connectivity index (χ4n) is 2.26. The number of ether oxygens (including phenoxy) is 1. The van der Waals surface area contributed by atoms with Crippen LogP contribution in [0.2, 0.25) is 5.02 Å². The summed E-state index contributed by atoms with van der Waals surface area (Å²) in [7, 11) is 0. The minimum absolute atomic E-state index is 0.00839. The van der Waals surface area contributed by atoms with E-state index in [-0.39, 0.29) is 6.42 Å². The molecular formula is C19H16ClN3O3S. The Morgan fingerprint density at radius 2 is 2.15 bits per heavy atom. The fraction of sp³-hybridized carbons (Fsp3) is 0.158. The molecule has 0 aliphatic heterocycles. The first-order chi connectivity index (χ1) is 13.0. The predicted octanol–water partition coefficient (Wildman–Crippen LogP) is 3.97. The number of esters is 1. The monoisotopic (exact) mass is 401 g/mol. The largest absolute Gasteiger partial charge is 0.452 e. The molecule has 0 saturated heterocycles. The second kappa shape index (κ2) is 8.75. The van der Waals surface area contributed by atoms with Crippen molar-refractivity contribution in [3.63, 3.8) is 0 Å². The van der Waals surface area contributed by atoms with Crippen LogP contribution in [-0.4, -0.2) is 27.9 Å². The molecule has 1 N–H and O–H groups in total. The van der Waals surface area contributed by atoms with Gasteiger partial charge in [0.1, 0.15) is 5.01 Å². The molecule has 27 heavy (non-hydrogen) atoms. The number of carbonyl (C=O) groups excluding carboxylic acids is 2. The van der Waals surface area contributed by atoms with Crippen molar-refractivity contribution in [2.75, 3.05) is 5.32 Å². The maximum absolute atomic E-state index is 12.1. The Balaban J connectivity index is 1.54. The van der Waals surface area contributed by atoms with Crippen molar-refractivity contribution in [3.05, 3.63) is 64.9 Å². The second-order valence-electron chi connectivity index (χ2n) is 5.69. The smallest absolute Gasteiger partial charge is 0.312 e. The maximum Gasteiger partial charge on any atom is 0.312 e. The minimum Gasteiger partial charge on any atom is -0.452 e. The zero-order valence-corrected chi connectivity index (χ0v) is 16.0. The van der Waals surface area contributed by atoms with Crippen molar-refractivity contribution in [2.45, 2.75) is 19.4 Å². The van der Waals surface area contributed by atoms with E-state index in [1.165, 1.54) is 18.3 Å². The number of anilines is 1. The molecule has 0 saturated carbocycles. The molecule has 1 atom stereocenters. The average molecular weight is 402 g/mol. The van der Waals surface area contributed by atoms with Crippen molar-refractivity contribution in [2.24, 2.45) is 0 Å².